The van der Waals surface area contributed by atoms with Crippen molar-refractivity contribution in [2.75, 3.05) is 13.1 Å². The van der Waals surface area contributed by atoms with E-state index in [1.807, 2.05) is 0 Å². The number of rotatable bonds is 6. The van der Waals surface area contributed by atoms with Crippen molar-refractivity contribution >= 4 is 5.91 Å². The Morgan fingerprint density at radius 2 is 2.30 bits per heavy atom. The summed E-state index contributed by atoms with van der Waals surface area (Å²) in [5, 5.41) is 6.24. The molecule has 2 heterocycles. The van der Waals surface area contributed by atoms with E-state index in [1.54, 1.807) is 18.2 Å². The molecule has 1 unspecified atom stereocenters. The molecule has 5 nitrogen and oxygen atoms in total. The largest absolute Gasteiger partial charge is 0.441 e. The van der Waals surface area contributed by atoms with Gasteiger partial charge in [0.05, 0.1) is 11.8 Å². The molecule has 1 aromatic carbocycles. The summed E-state index contributed by atoms with van der Waals surface area (Å²) in [6, 6.07) is 6.77. The minimum Gasteiger partial charge on any atom is -0.441 e. The molecular formula is C17H20FN3O2. The van der Waals surface area contributed by atoms with Crippen molar-refractivity contribution in [2.45, 2.75) is 31.7 Å². The first-order valence-corrected chi connectivity index (χ1v) is 7.92. The van der Waals surface area contributed by atoms with E-state index >= 15 is 0 Å². The second kappa shape index (κ2) is 7.37. The van der Waals surface area contributed by atoms with Crippen LogP contribution in [0.2, 0.25) is 0 Å². The molecule has 1 aliphatic heterocycles. The van der Waals surface area contributed by atoms with E-state index in [9.17, 15) is 9.18 Å². The molecule has 1 saturated heterocycles. The number of nitrogens with zero attached hydrogens (tertiary/aromatic N) is 1. The quantitative estimate of drug-likeness (QED) is 0.858. The fourth-order valence-corrected chi connectivity index (χ4v) is 2.69. The van der Waals surface area contributed by atoms with Gasteiger partial charge in [-0.1, -0.05) is 12.1 Å². The summed E-state index contributed by atoms with van der Waals surface area (Å²) < 4.78 is 19.2. The minimum atomic E-state index is -0.350. The van der Waals surface area contributed by atoms with Crippen LogP contribution in [0.5, 0.6) is 0 Å². The summed E-state index contributed by atoms with van der Waals surface area (Å²) >= 11 is 0. The molecule has 0 aliphatic carbocycles. The normalized spacial score (nSPS) is 17.3. The highest BCUT2D eigenvalue weighted by Crippen LogP contribution is 2.23. The van der Waals surface area contributed by atoms with E-state index in [-0.39, 0.29) is 11.7 Å². The van der Waals surface area contributed by atoms with Crippen molar-refractivity contribution in [3.63, 3.8) is 0 Å². The first-order chi connectivity index (χ1) is 11.2. The van der Waals surface area contributed by atoms with Gasteiger partial charge in [-0.2, -0.15) is 0 Å². The Morgan fingerprint density at radius 1 is 1.43 bits per heavy atom. The summed E-state index contributed by atoms with van der Waals surface area (Å²) in [7, 11) is 0. The van der Waals surface area contributed by atoms with E-state index < -0.39 is 0 Å². The highest BCUT2D eigenvalue weighted by atomic mass is 19.1. The maximum atomic E-state index is 13.7. The number of aromatic nitrogens is 1. The predicted octanol–water partition coefficient (Wildman–Crippen LogP) is 2.28. The molecule has 1 amide bonds. The lowest BCUT2D eigenvalue weighted by Crippen LogP contribution is -2.37. The van der Waals surface area contributed by atoms with Crippen LogP contribution in [0.1, 0.15) is 25.2 Å². The topological polar surface area (TPSA) is 67.2 Å². The van der Waals surface area contributed by atoms with Crippen LogP contribution in [0.3, 0.4) is 0 Å². The van der Waals surface area contributed by atoms with Gasteiger partial charge in [0.15, 0.2) is 11.7 Å². The molecule has 0 bridgehead atoms. The van der Waals surface area contributed by atoms with Crippen LogP contribution < -0.4 is 10.6 Å². The van der Waals surface area contributed by atoms with Crippen molar-refractivity contribution in [2.24, 2.45) is 0 Å². The van der Waals surface area contributed by atoms with E-state index in [1.165, 1.54) is 12.3 Å². The molecular weight excluding hydrogens is 297 g/mol. The number of benzene rings is 1. The van der Waals surface area contributed by atoms with Crippen molar-refractivity contribution in [1.29, 1.82) is 0 Å². The summed E-state index contributed by atoms with van der Waals surface area (Å²) in [6.07, 6.45) is 4.47. The molecule has 0 saturated carbocycles. The Labute approximate surface area is 134 Å². The smallest absolute Gasteiger partial charge is 0.220 e. The second-order valence-corrected chi connectivity index (χ2v) is 5.70. The molecule has 122 valence electrons. The molecule has 3 rings (SSSR count). The van der Waals surface area contributed by atoms with Crippen LogP contribution in [0.15, 0.2) is 34.9 Å². The standard InChI is InChI=1S/C17H20FN3O2/c18-14-6-2-1-5-13(14)15-11-21-17(23-15)8-7-16(22)20-10-12-4-3-9-19-12/h1-2,5-6,11-12,19H,3-4,7-10H2,(H,20,22). The molecule has 23 heavy (non-hydrogen) atoms. The average Bonchev–Trinajstić information content (AvgIpc) is 3.23. The lowest BCUT2D eigenvalue weighted by molar-refractivity contribution is -0.121. The number of amides is 1. The Morgan fingerprint density at radius 3 is 3.09 bits per heavy atom. The summed E-state index contributed by atoms with van der Waals surface area (Å²) in [6.45, 7) is 1.68. The highest BCUT2D eigenvalue weighted by molar-refractivity contribution is 5.76. The zero-order valence-corrected chi connectivity index (χ0v) is 12.8. The second-order valence-electron chi connectivity index (χ2n) is 5.70. The zero-order chi connectivity index (χ0) is 16.1. The molecule has 1 fully saturated rings. The van der Waals surface area contributed by atoms with Gasteiger partial charge in [-0.15, -0.1) is 0 Å². The van der Waals surface area contributed by atoms with Gasteiger partial charge < -0.3 is 15.1 Å². The third-order valence-electron chi connectivity index (χ3n) is 3.97. The average molecular weight is 317 g/mol. The third kappa shape index (κ3) is 4.16. The first kappa shape index (κ1) is 15.7. The Bertz CT molecular complexity index is 665. The van der Waals surface area contributed by atoms with Crippen LogP contribution in [0, 0.1) is 5.82 Å². The van der Waals surface area contributed by atoms with Crippen LogP contribution in [-0.2, 0) is 11.2 Å². The SMILES string of the molecule is O=C(CCc1ncc(-c2ccccc2F)o1)NCC1CCCN1. The number of oxazole rings is 1. The van der Waals surface area contributed by atoms with Gasteiger partial charge >= 0.3 is 0 Å². The van der Waals surface area contributed by atoms with Crippen molar-refractivity contribution in [1.82, 2.24) is 15.6 Å². The van der Waals surface area contributed by atoms with E-state index in [0.29, 0.717) is 42.6 Å². The van der Waals surface area contributed by atoms with Gasteiger partial charge in [0.25, 0.3) is 0 Å². The number of carbonyl (C=O) groups excluding carboxylic acids is 1. The molecule has 2 N–H and O–H groups in total. The fraction of sp³-hybridized carbons (Fsp3) is 0.412. The van der Waals surface area contributed by atoms with Crippen LogP contribution in [0.4, 0.5) is 4.39 Å². The molecule has 6 heteroatoms. The summed E-state index contributed by atoms with van der Waals surface area (Å²) in [5.74, 6) is 0.451. The number of carbonyl (C=O) groups is 1. The van der Waals surface area contributed by atoms with Crippen LogP contribution in [0.25, 0.3) is 11.3 Å². The molecule has 0 radical (unpaired) electrons. The van der Waals surface area contributed by atoms with Gasteiger partial charge in [-0.05, 0) is 31.5 Å². The van der Waals surface area contributed by atoms with Gasteiger partial charge in [0, 0.05) is 25.4 Å². The molecule has 0 spiro atoms. The van der Waals surface area contributed by atoms with Crippen molar-refractivity contribution < 1.29 is 13.6 Å². The van der Waals surface area contributed by atoms with E-state index in [4.69, 9.17) is 4.42 Å². The Hall–Kier alpha value is -2.21. The first-order valence-electron chi connectivity index (χ1n) is 7.92. The Balaban J connectivity index is 1.49. The molecule has 1 atom stereocenters. The van der Waals surface area contributed by atoms with Crippen LogP contribution >= 0.6 is 0 Å². The van der Waals surface area contributed by atoms with Gasteiger partial charge in [0.1, 0.15) is 5.82 Å². The molecule has 1 aromatic heterocycles. The maximum Gasteiger partial charge on any atom is 0.220 e. The number of hydrogen-bond acceptors (Lipinski definition) is 4. The van der Waals surface area contributed by atoms with Gasteiger partial charge in [-0.25, -0.2) is 9.37 Å². The lowest BCUT2D eigenvalue weighted by atomic mass is 10.2. The number of halogens is 1. The summed E-state index contributed by atoms with van der Waals surface area (Å²) in [5.41, 5.74) is 0.378. The number of aryl methyl sites for hydroxylation is 1. The minimum absolute atomic E-state index is 0.0238. The van der Waals surface area contributed by atoms with E-state index in [0.717, 1.165) is 19.4 Å². The number of hydrogen-bond donors (Lipinski definition) is 2. The fourth-order valence-electron chi connectivity index (χ4n) is 2.69. The maximum absolute atomic E-state index is 13.7. The highest BCUT2D eigenvalue weighted by Gasteiger charge is 2.15. The monoisotopic (exact) mass is 317 g/mol. The Kier molecular flexibility index (Phi) is 5.02. The van der Waals surface area contributed by atoms with Crippen molar-refractivity contribution in [3.05, 3.63) is 42.2 Å². The zero-order valence-electron chi connectivity index (χ0n) is 12.8. The molecule has 2 aromatic rings. The van der Waals surface area contributed by atoms with Crippen LogP contribution in [-0.4, -0.2) is 30.0 Å². The molecule has 1 aliphatic rings. The number of nitrogens with one attached hydrogen (secondary N) is 2. The van der Waals surface area contributed by atoms with E-state index in [2.05, 4.69) is 15.6 Å². The van der Waals surface area contributed by atoms with Crippen molar-refractivity contribution in [3.8, 4) is 11.3 Å². The lowest BCUT2D eigenvalue weighted by Gasteiger charge is -2.10. The predicted molar refractivity (Wildman–Crippen MR) is 84.3 cm³/mol. The van der Waals surface area contributed by atoms with Gasteiger partial charge in [0.2, 0.25) is 5.91 Å². The van der Waals surface area contributed by atoms with Gasteiger partial charge in [-0.3, -0.25) is 4.79 Å². The summed E-state index contributed by atoms with van der Waals surface area (Å²) in [4.78, 5) is 16.0. The third-order valence-corrected chi connectivity index (χ3v) is 3.97.